The predicted molar refractivity (Wildman–Crippen MR) is 42.8 cm³/mol. The molecule has 1 atom stereocenters. The summed E-state index contributed by atoms with van der Waals surface area (Å²) in [4.78, 5) is 0. The summed E-state index contributed by atoms with van der Waals surface area (Å²) >= 11 is 0. The van der Waals surface area contributed by atoms with Gasteiger partial charge in [0.25, 0.3) is 10.0 Å². The van der Waals surface area contributed by atoms with Crippen LogP contribution in [0.3, 0.4) is 0 Å². The molecule has 0 amide bonds. The number of alkyl halides is 4. The van der Waals surface area contributed by atoms with Gasteiger partial charge in [0.15, 0.2) is 0 Å². The second-order valence-corrected chi connectivity index (χ2v) is 4.45. The normalized spacial score (nSPS) is 15.9. The first-order valence-corrected chi connectivity index (χ1v) is 5.38. The Morgan fingerprint density at radius 1 is 1.21 bits per heavy atom. The quantitative estimate of drug-likeness (QED) is 0.695. The lowest BCUT2D eigenvalue weighted by atomic mass is 10.7. The first kappa shape index (κ1) is 13.6. The molecule has 14 heavy (non-hydrogen) atoms. The molecule has 0 aromatic carbocycles. The lowest BCUT2D eigenvalue weighted by Gasteiger charge is -2.22. The van der Waals surface area contributed by atoms with E-state index in [2.05, 4.69) is 0 Å². The number of hydrogen-bond donors (Lipinski definition) is 0. The zero-order valence-corrected chi connectivity index (χ0v) is 8.49. The van der Waals surface area contributed by atoms with Crippen LogP contribution in [0.4, 0.5) is 17.6 Å². The Labute approximate surface area is 79.7 Å². The molecule has 3 nitrogen and oxygen atoms in total. The molecular formula is C6H11F4NO2S. The lowest BCUT2D eigenvalue weighted by molar-refractivity contribution is -0.157. The van der Waals surface area contributed by atoms with Crippen LogP contribution in [0.5, 0.6) is 0 Å². The van der Waals surface area contributed by atoms with Crippen LogP contribution in [-0.4, -0.2) is 37.5 Å². The molecule has 0 bridgehead atoms. The summed E-state index contributed by atoms with van der Waals surface area (Å²) < 4.78 is 70.3. The Balaban J connectivity index is 4.97. The molecular weight excluding hydrogens is 226 g/mol. The molecule has 0 saturated carbocycles. The molecule has 0 aliphatic rings. The zero-order valence-electron chi connectivity index (χ0n) is 7.68. The zero-order chi connectivity index (χ0) is 11.6. The molecule has 0 aromatic rings. The maximum absolute atomic E-state index is 12.6. The standard InChI is InChI=1S/C6H11F4NO2S/c1-3-11(4-2)14(12,13)5(7)6(8,9)10/h5H,3-4H2,1-2H3. The van der Waals surface area contributed by atoms with Crippen LogP contribution in [0.15, 0.2) is 0 Å². The van der Waals surface area contributed by atoms with E-state index in [0.717, 1.165) is 0 Å². The fourth-order valence-electron chi connectivity index (χ4n) is 0.883. The van der Waals surface area contributed by atoms with Gasteiger partial charge >= 0.3 is 11.7 Å². The molecule has 86 valence electrons. The highest BCUT2D eigenvalue weighted by molar-refractivity contribution is 7.89. The van der Waals surface area contributed by atoms with Gasteiger partial charge in [-0.05, 0) is 0 Å². The van der Waals surface area contributed by atoms with Gasteiger partial charge in [0.2, 0.25) is 0 Å². The smallest absolute Gasteiger partial charge is 0.218 e. The maximum Gasteiger partial charge on any atom is 0.435 e. The van der Waals surface area contributed by atoms with Crippen molar-refractivity contribution >= 4 is 10.0 Å². The second-order valence-electron chi connectivity index (χ2n) is 2.49. The molecule has 0 heterocycles. The van der Waals surface area contributed by atoms with Crippen molar-refractivity contribution in [2.45, 2.75) is 25.5 Å². The van der Waals surface area contributed by atoms with Crippen molar-refractivity contribution in [2.24, 2.45) is 0 Å². The first-order chi connectivity index (χ1) is 6.17. The Bertz CT molecular complexity index is 270. The average molecular weight is 237 g/mol. The molecule has 1 unspecified atom stereocenters. The van der Waals surface area contributed by atoms with Crippen LogP contribution in [0.1, 0.15) is 13.8 Å². The minimum Gasteiger partial charge on any atom is -0.218 e. The summed E-state index contributed by atoms with van der Waals surface area (Å²) in [6, 6.07) is 0. The molecule has 0 aliphatic carbocycles. The summed E-state index contributed by atoms with van der Waals surface area (Å²) in [7, 11) is -4.92. The molecule has 0 fully saturated rings. The van der Waals surface area contributed by atoms with Crippen molar-refractivity contribution in [3.63, 3.8) is 0 Å². The van der Waals surface area contributed by atoms with E-state index in [4.69, 9.17) is 0 Å². The highest BCUT2D eigenvalue weighted by atomic mass is 32.2. The average Bonchev–Trinajstić information content (AvgIpc) is 2.03. The maximum atomic E-state index is 12.6. The predicted octanol–water partition coefficient (Wildman–Crippen LogP) is 1.52. The molecule has 8 heteroatoms. The summed E-state index contributed by atoms with van der Waals surface area (Å²) in [6.45, 7) is 2.30. The Morgan fingerprint density at radius 2 is 1.57 bits per heavy atom. The third-order valence-corrected chi connectivity index (χ3v) is 3.61. The van der Waals surface area contributed by atoms with E-state index in [1.165, 1.54) is 13.8 Å². The van der Waals surface area contributed by atoms with Crippen LogP contribution in [0, 0.1) is 0 Å². The van der Waals surface area contributed by atoms with E-state index in [1.807, 2.05) is 0 Å². The number of hydrogen-bond acceptors (Lipinski definition) is 2. The summed E-state index contributed by atoms with van der Waals surface area (Å²) in [6.07, 6.45) is -5.37. The van der Waals surface area contributed by atoms with Gasteiger partial charge in [-0.25, -0.2) is 12.8 Å². The Hall–Kier alpha value is -0.370. The number of halogens is 4. The van der Waals surface area contributed by atoms with E-state index in [-0.39, 0.29) is 13.1 Å². The molecule has 0 N–H and O–H groups in total. The highest BCUT2D eigenvalue weighted by Crippen LogP contribution is 2.28. The van der Waals surface area contributed by atoms with E-state index in [0.29, 0.717) is 4.31 Å². The van der Waals surface area contributed by atoms with Crippen LogP contribution in [-0.2, 0) is 10.0 Å². The third kappa shape index (κ3) is 2.81. The minimum atomic E-state index is -5.37. The van der Waals surface area contributed by atoms with Crippen LogP contribution in [0.25, 0.3) is 0 Å². The van der Waals surface area contributed by atoms with Gasteiger partial charge in [-0.2, -0.15) is 17.5 Å². The van der Waals surface area contributed by atoms with Crippen molar-refractivity contribution in [3.8, 4) is 0 Å². The van der Waals surface area contributed by atoms with Gasteiger partial charge in [-0.15, -0.1) is 0 Å². The summed E-state index contributed by atoms with van der Waals surface area (Å²) in [5, 5.41) is 0. The van der Waals surface area contributed by atoms with Crippen LogP contribution >= 0.6 is 0 Å². The minimum absolute atomic E-state index is 0.185. The van der Waals surface area contributed by atoms with Crippen LogP contribution < -0.4 is 0 Å². The Morgan fingerprint density at radius 3 is 1.79 bits per heavy atom. The second kappa shape index (κ2) is 4.43. The molecule has 0 radical (unpaired) electrons. The highest BCUT2D eigenvalue weighted by Gasteiger charge is 2.51. The summed E-state index contributed by atoms with van der Waals surface area (Å²) in [5.41, 5.74) is -3.84. The molecule has 0 aliphatic heterocycles. The van der Waals surface area contributed by atoms with E-state index in [1.54, 1.807) is 0 Å². The van der Waals surface area contributed by atoms with Gasteiger partial charge in [0, 0.05) is 13.1 Å². The fourth-order valence-corrected chi connectivity index (χ4v) is 2.20. The van der Waals surface area contributed by atoms with Crippen molar-refractivity contribution in [3.05, 3.63) is 0 Å². The topological polar surface area (TPSA) is 37.4 Å². The van der Waals surface area contributed by atoms with E-state index < -0.39 is 21.7 Å². The van der Waals surface area contributed by atoms with Gasteiger partial charge in [-0.3, -0.25) is 0 Å². The van der Waals surface area contributed by atoms with E-state index in [9.17, 15) is 26.0 Å². The van der Waals surface area contributed by atoms with Crippen molar-refractivity contribution < 1.29 is 26.0 Å². The lowest BCUT2D eigenvalue weighted by Crippen LogP contribution is -2.43. The largest absolute Gasteiger partial charge is 0.435 e. The number of sulfonamides is 1. The van der Waals surface area contributed by atoms with Gasteiger partial charge in [0.1, 0.15) is 0 Å². The van der Waals surface area contributed by atoms with Crippen molar-refractivity contribution in [1.29, 1.82) is 0 Å². The van der Waals surface area contributed by atoms with Gasteiger partial charge in [0.05, 0.1) is 0 Å². The van der Waals surface area contributed by atoms with Crippen LogP contribution in [0.2, 0.25) is 0 Å². The van der Waals surface area contributed by atoms with Gasteiger partial charge < -0.3 is 0 Å². The first-order valence-electron chi connectivity index (χ1n) is 3.87. The van der Waals surface area contributed by atoms with Crippen molar-refractivity contribution in [1.82, 2.24) is 4.31 Å². The molecule has 0 rings (SSSR count). The monoisotopic (exact) mass is 237 g/mol. The third-order valence-electron chi connectivity index (χ3n) is 1.58. The van der Waals surface area contributed by atoms with Gasteiger partial charge in [-0.1, -0.05) is 13.8 Å². The number of rotatable bonds is 4. The summed E-state index contributed by atoms with van der Waals surface area (Å²) in [5.74, 6) is 0. The molecule has 0 saturated heterocycles. The number of nitrogens with zero attached hydrogens (tertiary/aromatic N) is 1. The van der Waals surface area contributed by atoms with E-state index >= 15 is 0 Å². The molecule has 0 spiro atoms. The fraction of sp³-hybridized carbons (Fsp3) is 1.00. The SMILES string of the molecule is CCN(CC)S(=O)(=O)C(F)C(F)(F)F. The van der Waals surface area contributed by atoms with Crippen molar-refractivity contribution in [2.75, 3.05) is 13.1 Å². The Kier molecular flexibility index (Phi) is 4.32. The molecule has 0 aromatic heterocycles.